The molecule has 102 valence electrons. The summed E-state index contributed by atoms with van der Waals surface area (Å²) in [6.07, 6.45) is 0.687. The molecule has 1 aromatic rings. The molecule has 0 amide bonds. The number of hydrogen-bond acceptors (Lipinski definition) is 1. The van der Waals surface area contributed by atoms with Crippen molar-refractivity contribution in [2.75, 3.05) is 0 Å². The standard InChI is InChI=1S/C7H14O.C6H6.C4H8/c1-6(8)5-7(2,3)4;1-2-4-6-5-3-1;1-4(2)3/h5H2,1-4H3;1-6H;1H2,2-3H3. The Hall–Kier alpha value is -1.37. The van der Waals surface area contributed by atoms with Crippen molar-refractivity contribution >= 4 is 5.78 Å². The molecule has 1 rings (SSSR count). The summed E-state index contributed by atoms with van der Waals surface area (Å²) in [6.45, 7) is 15.3. The van der Waals surface area contributed by atoms with Crippen molar-refractivity contribution in [3.05, 3.63) is 48.6 Å². The van der Waals surface area contributed by atoms with E-state index in [1.807, 2.05) is 50.2 Å². The number of benzene rings is 1. The third-order valence-electron chi connectivity index (χ3n) is 1.45. The van der Waals surface area contributed by atoms with Crippen LogP contribution in [-0.4, -0.2) is 5.78 Å². The molecule has 0 saturated heterocycles. The van der Waals surface area contributed by atoms with Crippen LogP contribution in [0.15, 0.2) is 48.6 Å². The zero-order chi connectivity index (χ0) is 14.6. The second-order valence-corrected chi connectivity index (χ2v) is 5.80. The monoisotopic (exact) mass is 248 g/mol. The molecule has 0 saturated carbocycles. The Kier molecular flexibility index (Phi) is 11.3. The van der Waals surface area contributed by atoms with Gasteiger partial charge in [-0.1, -0.05) is 62.7 Å². The lowest BCUT2D eigenvalue weighted by molar-refractivity contribution is -0.118. The third kappa shape index (κ3) is 29.3. The lowest BCUT2D eigenvalue weighted by Crippen LogP contribution is -2.09. The Morgan fingerprint density at radius 2 is 1.11 bits per heavy atom. The van der Waals surface area contributed by atoms with Crippen molar-refractivity contribution in [2.24, 2.45) is 5.41 Å². The van der Waals surface area contributed by atoms with Crippen LogP contribution in [0.3, 0.4) is 0 Å². The molecule has 0 atom stereocenters. The number of rotatable bonds is 1. The molecule has 0 aliphatic heterocycles. The minimum absolute atomic E-state index is 0.172. The first-order valence-corrected chi connectivity index (χ1v) is 6.26. The zero-order valence-corrected chi connectivity index (χ0v) is 12.8. The molecule has 0 bridgehead atoms. The van der Waals surface area contributed by atoms with E-state index in [-0.39, 0.29) is 11.2 Å². The first-order valence-electron chi connectivity index (χ1n) is 6.26. The van der Waals surface area contributed by atoms with Gasteiger partial charge in [0.25, 0.3) is 0 Å². The molecule has 0 aromatic heterocycles. The largest absolute Gasteiger partial charge is 0.300 e. The van der Waals surface area contributed by atoms with Gasteiger partial charge < -0.3 is 4.79 Å². The molecule has 0 aliphatic rings. The third-order valence-corrected chi connectivity index (χ3v) is 1.45. The number of ketones is 1. The van der Waals surface area contributed by atoms with Gasteiger partial charge in [0.1, 0.15) is 5.78 Å². The predicted octanol–water partition coefficient (Wildman–Crippen LogP) is 5.28. The number of Topliss-reactive ketones (excluding diaryl/α,β-unsaturated/α-hetero) is 1. The molecule has 0 aliphatic carbocycles. The number of carbonyl (C=O) groups is 1. The number of carbonyl (C=O) groups excluding carboxylic acids is 1. The Morgan fingerprint density at radius 3 is 1.17 bits per heavy atom. The SMILES string of the molecule is C=C(C)C.CC(=O)CC(C)(C)C.c1ccccc1. The Labute approximate surface area is 113 Å². The summed E-state index contributed by atoms with van der Waals surface area (Å²) >= 11 is 0. The summed E-state index contributed by atoms with van der Waals surface area (Å²) in [7, 11) is 0. The van der Waals surface area contributed by atoms with Crippen molar-refractivity contribution < 1.29 is 4.79 Å². The van der Waals surface area contributed by atoms with Crippen LogP contribution in [0.25, 0.3) is 0 Å². The van der Waals surface area contributed by atoms with Gasteiger partial charge in [-0.05, 0) is 26.2 Å². The minimum Gasteiger partial charge on any atom is -0.300 e. The normalized spacial score (nSPS) is 9.22. The number of allylic oxidation sites excluding steroid dienone is 1. The van der Waals surface area contributed by atoms with Crippen LogP contribution in [0.4, 0.5) is 0 Å². The first kappa shape index (κ1) is 19.0. The summed E-state index contributed by atoms with van der Waals surface area (Å²) in [4.78, 5) is 10.5. The van der Waals surface area contributed by atoms with Crippen LogP contribution in [0.5, 0.6) is 0 Å². The zero-order valence-electron chi connectivity index (χ0n) is 12.8. The van der Waals surface area contributed by atoms with Crippen LogP contribution < -0.4 is 0 Å². The van der Waals surface area contributed by atoms with Crippen molar-refractivity contribution in [1.29, 1.82) is 0 Å². The first-order chi connectivity index (χ1) is 8.15. The van der Waals surface area contributed by atoms with E-state index in [1.165, 1.54) is 5.57 Å². The molecular formula is C17H28O. The molecule has 0 fully saturated rings. The van der Waals surface area contributed by atoms with E-state index >= 15 is 0 Å². The van der Waals surface area contributed by atoms with Crippen LogP contribution >= 0.6 is 0 Å². The lowest BCUT2D eigenvalue weighted by atomic mass is 9.91. The topological polar surface area (TPSA) is 17.1 Å². The minimum atomic E-state index is 0.172. The quantitative estimate of drug-likeness (QED) is 0.618. The lowest BCUT2D eigenvalue weighted by Gasteiger charge is -2.14. The van der Waals surface area contributed by atoms with Gasteiger partial charge in [-0.2, -0.15) is 0 Å². The summed E-state index contributed by atoms with van der Waals surface area (Å²) in [6, 6.07) is 12.0. The Balaban J connectivity index is 0. The highest BCUT2D eigenvalue weighted by atomic mass is 16.1. The van der Waals surface area contributed by atoms with Gasteiger partial charge in [0.15, 0.2) is 0 Å². The molecule has 0 radical (unpaired) electrons. The van der Waals surface area contributed by atoms with Gasteiger partial charge in [-0.3, -0.25) is 0 Å². The fourth-order valence-corrected chi connectivity index (χ4v) is 1.13. The molecule has 1 nitrogen and oxygen atoms in total. The van der Waals surface area contributed by atoms with Gasteiger partial charge in [-0.15, -0.1) is 6.58 Å². The highest BCUT2D eigenvalue weighted by Crippen LogP contribution is 2.17. The summed E-state index contributed by atoms with van der Waals surface area (Å²) in [5.74, 6) is 0.275. The second-order valence-electron chi connectivity index (χ2n) is 5.80. The van der Waals surface area contributed by atoms with E-state index in [0.29, 0.717) is 6.42 Å². The molecule has 1 heteroatoms. The second kappa shape index (κ2) is 10.8. The maximum absolute atomic E-state index is 10.5. The van der Waals surface area contributed by atoms with E-state index < -0.39 is 0 Å². The van der Waals surface area contributed by atoms with Gasteiger partial charge >= 0.3 is 0 Å². The number of hydrogen-bond donors (Lipinski definition) is 0. The van der Waals surface area contributed by atoms with E-state index in [4.69, 9.17) is 0 Å². The molecule has 0 N–H and O–H groups in total. The summed E-state index contributed by atoms with van der Waals surface area (Å²) in [5, 5.41) is 0. The van der Waals surface area contributed by atoms with Crippen LogP contribution in [0, 0.1) is 5.41 Å². The van der Waals surface area contributed by atoms with E-state index in [0.717, 1.165) is 0 Å². The summed E-state index contributed by atoms with van der Waals surface area (Å²) < 4.78 is 0. The van der Waals surface area contributed by atoms with Gasteiger partial charge in [0, 0.05) is 6.42 Å². The molecule has 1 aromatic carbocycles. The highest BCUT2D eigenvalue weighted by molar-refractivity contribution is 5.76. The van der Waals surface area contributed by atoms with Crippen LogP contribution in [0.2, 0.25) is 0 Å². The predicted molar refractivity (Wildman–Crippen MR) is 81.7 cm³/mol. The van der Waals surface area contributed by atoms with Crippen molar-refractivity contribution in [1.82, 2.24) is 0 Å². The maximum atomic E-state index is 10.5. The van der Waals surface area contributed by atoms with E-state index in [9.17, 15) is 4.79 Å². The van der Waals surface area contributed by atoms with Crippen molar-refractivity contribution in [2.45, 2.75) is 48.0 Å². The molecule has 0 unspecified atom stereocenters. The van der Waals surface area contributed by atoms with Crippen molar-refractivity contribution in [3.63, 3.8) is 0 Å². The molecular weight excluding hydrogens is 220 g/mol. The molecule has 0 heterocycles. The smallest absolute Gasteiger partial charge is 0.130 e. The maximum Gasteiger partial charge on any atom is 0.130 e. The van der Waals surface area contributed by atoms with Crippen LogP contribution in [0.1, 0.15) is 48.0 Å². The highest BCUT2D eigenvalue weighted by Gasteiger charge is 2.11. The molecule has 0 spiro atoms. The van der Waals surface area contributed by atoms with Gasteiger partial charge in [-0.25, -0.2) is 0 Å². The average molecular weight is 248 g/mol. The fourth-order valence-electron chi connectivity index (χ4n) is 1.13. The Morgan fingerprint density at radius 1 is 0.889 bits per heavy atom. The molecule has 18 heavy (non-hydrogen) atoms. The van der Waals surface area contributed by atoms with Gasteiger partial charge in [0.05, 0.1) is 0 Å². The Bertz CT molecular complexity index is 287. The summed E-state index contributed by atoms with van der Waals surface area (Å²) in [5.41, 5.74) is 1.34. The van der Waals surface area contributed by atoms with E-state index in [1.54, 1.807) is 6.92 Å². The average Bonchev–Trinajstić information content (AvgIpc) is 2.16. The van der Waals surface area contributed by atoms with Gasteiger partial charge in [0.2, 0.25) is 0 Å². The van der Waals surface area contributed by atoms with E-state index in [2.05, 4.69) is 27.4 Å². The van der Waals surface area contributed by atoms with Crippen molar-refractivity contribution in [3.8, 4) is 0 Å². The fraction of sp³-hybridized carbons (Fsp3) is 0.471. The van der Waals surface area contributed by atoms with Crippen LogP contribution in [-0.2, 0) is 4.79 Å².